The number of nitriles is 2. The molecule has 0 saturated carbocycles. The van der Waals surface area contributed by atoms with E-state index in [0.717, 1.165) is 27.4 Å². The third-order valence-electron chi connectivity index (χ3n) is 4.72. The lowest BCUT2D eigenvalue weighted by atomic mass is 10.1. The molecule has 0 amide bonds. The fourth-order valence-corrected chi connectivity index (χ4v) is 4.18. The highest BCUT2D eigenvalue weighted by Crippen LogP contribution is 2.35. The largest absolute Gasteiger partial charge is 0.370 e. The lowest BCUT2D eigenvalue weighted by Gasteiger charge is -2.10. The molecule has 2 heterocycles. The third-order valence-corrected chi connectivity index (χ3v) is 5.91. The summed E-state index contributed by atoms with van der Waals surface area (Å²) in [5.41, 5.74) is 5.22. The summed E-state index contributed by atoms with van der Waals surface area (Å²) in [5, 5.41) is 25.5. The van der Waals surface area contributed by atoms with Crippen LogP contribution >= 0.6 is 22.9 Å². The Morgan fingerprint density at radius 3 is 2.50 bits per heavy atom. The van der Waals surface area contributed by atoms with Crippen LogP contribution < -0.4 is 5.32 Å². The monoisotopic (exact) mass is 429 g/mol. The van der Waals surface area contributed by atoms with Gasteiger partial charge in [-0.05, 0) is 35.4 Å². The number of rotatable bonds is 6. The van der Waals surface area contributed by atoms with Gasteiger partial charge in [0.25, 0.3) is 0 Å². The lowest BCUT2D eigenvalue weighted by molar-refractivity contribution is 0.749. The first-order valence-corrected chi connectivity index (χ1v) is 10.4. The minimum absolute atomic E-state index is 0.547. The number of benzene rings is 2. The molecule has 2 aromatic carbocycles. The Kier molecular flexibility index (Phi) is 5.81. The molecule has 2 aromatic heterocycles. The molecule has 146 valence electrons. The van der Waals surface area contributed by atoms with Crippen LogP contribution in [0.15, 0.2) is 66.4 Å². The molecule has 7 heteroatoms. The second-order valence-electron chi connectivity index (χ2n) is 6.65. The smallest absolute Gasteiger partial charge is 0.107 e. The maximum Gasteiger partial charge on any atom is 0.107 e. The van der Waals surface area contributed by atoms with Crippen molar-refractivity contribution < 1.29 is 0 Å². The van der Waals surface area contributed by atoms with E-state index in [0.29, 0.717) is 29.2 Å². The molecular weight excluding hydrogens is 414 g/mol. The first-order valence-electron chi connectivity index (χ1n) is 9.17. The fraction of sp³-hybridized carbons (Fsp3) is 0.0870. The van der Waals surface area contributed by atoms with E-state index in [1.165, 1.54) is 11.3 Å². The average Bonchev–Trinajstić information content (AvgIpc) is 3.39. The van der Waals surface area contributed by atoms with Crippen LogP contribution in [-0.4, -0.2) is 9.55 Å². The van der Waals surface area contributed by atoms with Gasteiger partial charge in [-0.2, -0.15) is 10.5 Å². The Labute approximate surface area is 183 Å². The summed E-state index contributed by atoms with van der Waals surface area (Å²) in [6, 6.07) is 19.4. The van der Waals surface area contributed by atoms with Gasteiger partial charge >= 0.3 is 0 Å². The maximum atomic E-state index is 9.70. The topological polar surface area (TPSA) is 77.4 Å². The molecular formula is C23H16ClN5S. The van der Waals surface area contributed by atoms with Gasteiger partial charge in [-0.3, -0.25) is 0 Å². The van der Waals surface area contributed by atoms with Gasteiger partial charge in [0.05, 0.1) is 35.8 Å². The van der Waals surface area contributed by atoms with Crippen LogP contribution in [0, 0.1) is 22.7 Å². The van der Waals surface area contributed by atoms with E-state index in [2.05, 4.69) is 22.4 Å². The highest BCUT2D eigenvalue weighted by Gasteiger charge is 2.14. The van der Waals surface area contributed by atoms with Gasteiger partial charge < -0.3 is 9.88 Å². The summed E-state index contributed by atoms with van der Waals surface area (Å²) < 4.78 is 2.05. The highest BCUT2D eigenvalue weighted by molar-refractivity contribution is 7.14. The van der Waals surface area contributed by atoms with Gasteiger partial charge in [0.15, 0.2) is 0 Å². The number of nitrogens with one attached hydrogen (secondary N) is 1. The molecule has 0 spiro atoms. The average molecular weight is 430 g/mol. The second kappa shape index (κ2) is 8.84. The van der Waals surface area contributed by atoms with Crippen LogP contribution in [0.3, 0.4) is 0 Å². The standard InChI is InChI=1S/C23H16ClN5S/c24-19-7-5-18(6-8-19)22-14-30-23(21(22)10-26)28-12-20-11-27-15-29(20)13-17-3-1-16(9-25)2-4-17/h1-8,11,14-15,28H,12-13H2. The SMILES string of the molecule is N#Cc1ccc(Cn2cncc2CNc2scc(-c3ccc(Cl)cc3)c2C#N)cc1. The Bertz CT molecular complexity index is 1240. The Balaban J connectivity index is 1.49. The first-order chi connectivity index (χ1) is 14.7. The Morgan fingerprint density at radius 1 is 1.03 bits per heavy atom. The molecule has 5 nitrogen and oxygen atoms in total. The summed E-state index contributed by atoms with van der Waals surface area (Å²) in [5.74, 6) is 0. The molecule has 0 aliphatic rings. The van der Waals surface area contributed by atoms with Crippen molar-refractivity contribution >= 4 is 27.9 Å². The number of imidazole rings is 1. The van der Waals surface area contributed by atoms with E-state index in [-0.39, 0.29) is 0 Å². The summed E-state index contributed by atoms with van der Waals surface area (Å²) in [6.45, 7) is 1.21. The van der Waals surface area contributed by atoms with Gasteiger partial charge in [-0.1, -0.05) is 35.9 Å². The second-order valence-corrected chi connectivity index (χ2v) is 7.96. The molecule has 0 atom stereocenters. The van der Waals surface area contributed by atoms with E-state index in [1.807, 2.05) is 64.7 Å². The number of hydrogen-bond donors (Lipinski definition) is 1. The van der Waals surface area contributed by atoms with Gasteiger partial charge in [0.2, 0.25) is 0 Å². The molecule has 4 rings (SSSR count). The van der Waals surface area contributed by atoms with E-state index < -0.39 is 0 Å². The van der Waals surface area contributed by atoms with Gasteiger partial charge in [0.1, 0.15) is 11.1 Å². The van der Waals surface area contributed by atoms with Crippen LogP contribution in [0.25, 0.3) is 11.1 Å². The van der Waals surface area contributed by atoms with Crippen molar-refractivity contribution in [1.82, 2.24) is 9.55 Å². The van der Waals surface area contributed by atoms with Crippen LogP contribution in [0.1, 0.15) is 22.4 Å². The highest BCUT2D eigenvalue weighted by atomic mass is 35.5. The number of hydrogen-bond acceptors (Lipinski definition) is 5. The van der Waals surface area contributed by atoms with Crippen LogP contribution in [0.4, 0.5) is 5.00 Å². The van der Waals surface area contributed by atoms with Crippen molar-refractivity contribution in [2.75, 3.05) is 5.32 Å². The molecule has 0 unspecified atom stereocenters. The molecule has 0 aliphatic heterocycles. The maximum absolute atomic E-state index is 9.70. The minimum Gasteiger partial charge on any atom is -0.370 e. The number of anilines is 1. The van der Waals surface area contributed by atoms with Crippen molar-refractivity contribution in [1.29, 1.82) is 10.5 Å². The fourth-order valence-electron chi connectivity index (χ4n) is 3.13. The van der Waals surface area contributed by atoms with E-state index >= 15 is 0 Å². The lowest BCUT2D eigenvalue weighted by Crippen LogP contribution is -2.08. The van der Waals surface area contributed by atoms with Crippen molar-refractivity contribution in [2.24, 2.45) is 0 Å². The van der Waals surface area contributed by atoms with E-state index in [1.54, 1.807) is 6.33 Å². The Morgan fingerprint density at radius 2 is 1.80 bits per heavy atom. The van der Waals surface area contributed by atoms with E-state index in [9.17, 15) is 5.26 Å². The molecule has 0 radical (unpaired) electrons. The van der Waals surface area contributed by atoms with Gasteiger partial charge in [-0.25, -0.2) is 4.98 Å². The predicted molar refractivity (Wildman–Crippen MR) is 119 cm³/mol. The van der Waals surface area contributed by atoms with Crippen LogP contribution in [0.2, 0.25) is 5.02 Å². The van der Waals surface area contributed by atoms with Crippen LogP contribution in [-0.2, 0) is 13.1 Å². The zero-order valence-electron chi connectivity index (χ0n) is 15.8. The van der Waals surface area contributed by atoms with Gasteiger partial charge in [-0.15, -0.1) is 11.3 Å². The van der Waals surface area contributed by atoms with Gasteiger partial charge in [0, 0.05) is 28.7 Å². The van der Waals surface area contributed by atoms with Crippen molar-refractivity contribution in [3.63, 3.8) is 0 Å². The molecule has 0 saturated heterocycles. The quantitative estimate of drug-likeness (QED) is 0.428. The third kappa shape index (κ3) is 4.21. The summed E-state index contributed by atoms with van der Waals surface area (Å²) in [4.78, 5) is 4.26. The summed E-state index contributed by atoms with van der Waals surface area (Å²) in [6.07, 6.45) is 3.60. The van der Waals surface area contributed by atoms with Crippen molar-refractivity contribution in [3.8, 4) is 23.3 Å². The minimum atomic E-state index is 0.547. The molecule has 1 N–H and O–H groups in total. The van der Waals surface area contributed by atoms with Crippen LogP contribution in [0.5, 0.6) is 0 Å². The number of halogens is 1. The molecule has 30 heavy (non-hydrogen) atoms. The van der Waals surface area contributed by atoms with Crippen molar-refractivity contribution in [3.05, 3.63) is 93.8 Å². The molecule has 4 aromatic rings. The molecule has 0 fully saturated rings. The Hall–Kier alpha value is -3.58. The number of aromatic nitrogens is 2. The number of thiophene rings is 1. The normalized spacial score (nSPS) is 10.4. The van der Waals surface area contributed by atoms with Crippen molar-refractivity contribution in [2.45, 2.75) is 13.1 Å². The zero-order chi connectivity index (χ0) is 20.9. The predicted octanol–water partition coefficient (Wildman–Crippen LogP) is 5.67. The first kappa shape index (κ1) is 19.7. The summed E-state index contributed by atoms with van der Waals surface area (Å²) in [7, 11) is 0. The molecule has 0 bridgehead atoms. The zero-order valence-corrected chi connectivity index (χ0v) is 17.4. The van der Waals surface area contributed by atoms with E-state index in [4.69, 9.17) is 16.9 Å². The number of nitrogens with zero attached hydrogens (tertiary/aromatic N) is 4. The molecule has 0 aliphatic carbocycles. The summed E-state index contributed by atoms with van der Waals surface area (Å²) >= 11 is 7.48.